The molecule has 0 spiro atoms. The molecule has 1 aromatic heterocycles. The molecule has 0 aliphatic carbocycles. The third-order valence-electron chi connectivity index (χ3n) is 3.24. The van der Waals surface area contributed by atoms with Crippen LogP contribution in [-0.4, -0.2) is 33.6 Å². The first-order valence-corrected chi connectivity index (χ1v) is 7.14. The minimum atomic E-state index is 0.124. The SMILES string of the molecule is CC(C)NC(CO)CCn1cc(-c2ccccc2)cn1. The predicted octanol–water partition coefficient (Wildman–Crippen LogP) is 2.30. The first kappa shape index (κ1) is 14.8. The summed E-state index contributed by atoms with van der Waals surface area (Å²) in [6.07, 6.45) is 4.81. The number of aliphatic hydroxyl groups is 1. The predicted molar refractivity (Wildman–Crippen MR) is 81.4 cm³/mol. The molecular formula is C16H23N3O. The van der Waals surface area contributed by atoms with Crippen LogP contribution in [0.5, 0.6) is 0 Å². The van der Waals surface area contributed by atoms with Crippen LogP contribution in [0, 0.1) is 0 Å². The van der Waals surface area contributed by atoms with Crippen LogP contribution in [0.4, 0.5) is 0 Å². The molecule has 2 rings (SSSR count). The lowest BCUT2D eigenvalue weighted by molar-refractivity contribution is 0.222. The zero-order valence-electron chi connectivity index (χ0n) is 12.2. The Morgan fingerprint density at radius 3 is 2.60 bits per heavy atom. The molecule has 0 aliphatic rings. The van der Waals surface area contributed by atoms with Crippen molar-refractivity contribution in [3.63, 3.8) is 0 Å². The van der Waals surface area contributed by atoms with E-state index in [0.29, 0.717) is 6.04 Å². The Bertz CT molecular complexity index is 507. The van der Waals surface area contributed by atoms with Crippen molar-refractivity contribution < 1.29 is 5.11 Å². The van der Waals surface area contributed by atoms with Gasteiger partial charge in [0.05, 0.1) is 12.8 Å². The minimum absolute atomic E-state index is 0.124. The van der Waals surface area contributed by atoms with Gasteiger partial charge in [-0.2, -0.15) is 5.10 Å². The molecule has 0 aliphatic heterocycles. The van der Waals surface area contributed by atoms with Gasteiger partial charge in [-0.05, 0) is 12.0 Å². The molecule has 0 saturated heterocycles. The lowest BCUT2D eigenvalue weighted by Gasteiger charge is -2.18. The van der Waals surface area contributed by atoms with Gasteiger partial charge in [0, 0.05) is 30.4 Å². The molecule has 0 fully saturated rings. The quantitative estimate of drug-likeness (QED) is 0.814. The van der Waals surface area contributed by atoms with E-state index in [0.717, 1.165) is 18.5 Å². The van der Waals surface area contributed by atoms with Crippen molar-refractivity contribution in [1.82, 2.24) is 15.1 Å². The van der Waals surface area contributed by atoms with Crippen molar-refractivity contribution in [3.8, 4) is 11.1 Å². The van der Waals surface area contributed by atoms with E-state index in [-0.39, 0.29) is 12.6 Å². The summed E-state index contributed by atoms with van der Waals surface area (Å²) >= 11 is 0. The number of nitrogens with one attached hydrogen (secondary N) is 1. The summed E-state index contributed by atoms with van der Waals surface area (Å²) in [4.78, 5) is 0. The van der Waals surface area contributed by atoms with E-state index in [9.17, 15) is 5.11 Å². The zero-order chi connectivity index (χ0) is 14.4. The zero-order valence-corrected chi connectivity index (χ0v) is 12.2. The Hall–Kier alpha value is -1.65. The van der Waals surface area contributed by atoms with Crippen LogP contribution in [0.25, 0.3) is 11.1 Å². The summed E-state index contributed by atoms with van der Waals surface area (Å²) in [6.45, 7) is 5.14. The smallest absolute Gasteiger partial charge is 0.0585 e. The first-order valence-electron chi connectivity index (χ1n) is 7.14. The number of nitrogens with zero attached hydrogens (tertiary/aromatic N) is 2. The van der Waals surface area contributed by atoms with Crippen LogP contribution >= 0.6 is 0 Å². The van der Waals surface area contributed by atoms with Crippen LogP contribution in [0.1, 0.15) is 20.3 Å². The van der Waals surface area contributed by atoms with E-state index in [2.05, 4.69) is 42.6 Å². The Labute approximate surface area is 120 Å². The second-order valence-electron chi connectivity index (χ2n) is 5.35. The van der Waals surface area contributed by atoms with Crippen LogP contribution in [0.2, 0.25) is 0 Å². The van der Waals surface area contributed by atoms with E-state index in [1.54, 1.807) is 0 Å². The molecule has 1 unspecified atom stereocenters. The van der Waals surface area contributed by atoms with E-state index >= 15 is 0 Å². The van der Waals surface area contributed by atoms with E-state index in [1.807, 2.05) is 29.1 Å². The number of hydrogen-bond donors (Lipinski definition) is 2. The van der Waals surface area contributed by atoms with Gasteiger partial charge in [0.25, 0.3) is 0 Å². The van der Waals surface area contributed by atoms with Gasteiger partial charge in [-0.1, -0.05) is 44.2 Å². The van der Waals surface area contributed by atoms with E-state index in [4.69, 9.17) is 0 Å². The second-order valence-corrected chi connectivity index (χ2v) is 5.35. The van der Waals surface area contributed by atoms with Crippen molar-refractivity contribution in [2.75, 3.05) is 6.61 Å². The maximum absolute atomic E-state index is 9.34. The van der Waals surface area contributed by atoms with Crippen molar-refractivity contribution in [1.29, 1.82) is 0 Å². The lowest BCUT2D eigenvalue weighted by atomic mass is 10.1. The maximum atomic E-state index is 9.34. The van der Waals surface area contributed by atoms with Gasteiger partial charge in [0.2, 0.25) is 0 Å². The lowest BCUT2D eigenvalue weighted by Crippen LogP contribution is -2.38. The summed E-state index contributed by atoms with van der Waals surface area (Å²) in [5.74, 6) is 0. The van der Waals surface area contributed by atoms with E-state index < -0.39 is 0 Å². The minimum Gasteiger partial charge on any atom is -0.395 e. The number of aryl methyl sites for hydroxylation is 1. The molecule has 1 heterocycles. The number of aliphatic hydroxyl groups excluding tert-OH is 1. The molecular weight excluding hydrogens is 250 g/mol. The molecule has 0 bridgehead atoms. The molecule has 1 aromatic carbocycles. The van der Waals surface area contributed by atoms with Crippen LogP contribution in [-0.2, 0) is 6.54 Å². The molecule has 4 heteroatoms. The normalized spacial score (nSPS) is 12.8. The Morgan fingerprint density at radius 1 is 1.20 bits per heavy atom. The summed E-state index contributed by atoms with van der Waals surface area (Å²) in [5, 5.41) is 17.1. The van der Waals surface area contributed by atoms with Crippen molar-refractivity contribution in [3.05, 3.63) is 42.7 Å². The highest BCUT2D eigenvalue weighted by molar-refractivity contribution is 5.61. The largest absolute Gasteiger partial charge is 0.395 e. The van der Waals surface area contributed by atoms with Crippen LogP contribution < -0.4 is 5.32 Å². The van der Waals surface area contributed by atoms with Crippen molar-refractivity contribution >= 4 is 0 Å². The van der Waals surface area contributed by atoms with Crippen molar-refractivity contribution in [2.24, 2.45) is 0 Å². The third kappa shape index (κ3) is 4.18. The van der Waals surface area contributed by atoms with Gasteiger partial charge in [0.1, 0.15) is 0 Å². The highest BCUT2D eigenvalue weighted by Crippen LogP contribution is 2.17. The van der Waals surface area contributed by atoms with Gasteiger partial charge in [-0.15, -0.1) is 0 Å². The fraction of sp³-hybridized carbons (Fsp3) is 0.438. The standard InChI is InChI=1S/C16H23N3O/c1-13(2)18-16(12-20)8-9-19-11-15(10-17-19)14-6-4-3-5-7-14/h3-7,10-11,13,16,18,20H,8-9,12H2,1-2H3. The first-order chi connectivity index (χ1) is 9.69. The van der Waals surface area contributed by atoms with Gasteiger partial charge < -0.3 is 10.4 Å². The average Bonchev–Trinajstić information content (AvgIpc) is 2.93. The van der Waals surface area contributed by atoms with Gasteiger partial charge in [0.15, 0.2) is 0 Å². The molecule has 1 atom stereocenters. The molecule has 2 N–H and O–H groups in total. The molecule has 108 valence electrons. The highest BCUT2D eigenvalue weighted by atomic mass is 16.3. The number of rotatable bonds is 7. The number of benzene rings is 1. The summed E-state index contributed by atoms with van der Waals surface area (Å²) in [6, 6.07) is 10.7. The third-order valence-corrected chi connectivity index (χ3v) is 3.24. The fourth-order valence-corrected chi connectivity index (χ4v) is 2.25. The average molecular weight is 273 g/mol. The maximum Gasteiger partial charge on any atom is 0.0585 e. The molecule has 0 saturated carbocycles. The van der Waals surface area contributed by atoms with E-state index in [1.165, 1.54) is 5.56 Å². The summed E-state index contributed by atoms with van der Waals surface area (Å²) in [5.41, 5.74) is 2.31. The van der Waals surface area contributed by atoms with Gasteiger partial charge in [-0.3, -0.25) is 4.68 Å². The van der Waals surface area contributed by atoms with Crippen molar-refractivity contribution in [2.45, 2.75) is 38.9 Å². The number of hydrogen-bond acceptors (Lipinski definition) is 3. The second kappa shape index (κ2) is 7.22. The van der Waals surface area contributed by atoms with Gasteiger partial charge in [-0.25, -0.2) is 0 Å². The van der Waals surface area contributed by atoms with Gasteiger partial charge >= 0.3 is 0 Å². The molecule has 4 nitrogen and oxygen atoms in total. The topological polar surface area (TPSA) is 50.1 Å². The monoisotopic (exact) mass is 273 g/mol. The Kier molecular flexibility index (Phi) is 5.32. The highest BCUT2D eigenvalue weighted by Gasteiger charge is 2.09. The Balaban J connectivity index is 1.93. The van der Waals surface area contributed by atoms with Crippen LogP contribution in [0.15, 0.2) is 42.7 Å². The molecule has 0 radical (unpaired) electrons. The number of aromatic nitrogens is 2. The molecule has 2 aromatic rings. The molecule has 0 amide bonds. The molecule has 20 heavy (non-hydrogen) atoms. The summed E-state index contributed by atoms with van der Waals surface area (Å²) in [7, 11) is 0. The fourth-order valence-electron chi connectivity index (χ4n) is 2.25. The van der Waals surface area contributed by atoms with Crippen LogP contribution in [0.3, 0.4) is 0 Å². The summed E-state index contributed by atoms with van der Waals surface area (Å²) < 4.78 is 1.94. The Morgan fingerprint density at radius 2 is 1.95 bits per heavy atom.